The van der Waals surface area contributed by atoms with Gasteiger partial charge in [0.15, 0.2) is 0 Å². The molecule has 2 N–H and O–H groups in total. The zero-order valence-electron chi connectivity index (χ0n) is 11.8. The van der Waals surface area contributed by atoms with Crippen LogP contribution in [0.3, 0.4) is 0 Å². The van der Waals surface area contributed by atoms with Crippen LogP contribution in [0.2, 0.25) is 0 Å². The SMILES string of the molecule is CC(C)(O)[C@@H]1CCCN1C(=O)Nc1cccc(C#N)c1. The Kier molecular flexibility index (Phi) is 3.96. The van der Waals surface area contributed by atoms with Crippen molar-refractivity contribution < 1.29 is 9.90 Å². The number of anilines is 1. The number of hydrogen-bond acceptors (Lipinski definition) is 3. The highest BCUT2D eigenvalue weighted by Gasteiger charge is 2.38. The first-order valence-corrected chi connectivity index (χ1v) is 6.72. The Morgan fingerprint density at radius 3 is 2.95 bits per heavy atom. The van der Waals surface area contributed by atoms with E-state index in [0.29, 0.717) is 17.8 Å². The molecule has 0 radical (unpaired) electrons. The van der Waals surface area contributed by atoms with Crippen molar-refractivity contribution in [2.75, 3.05) is 11.9 Å². The van der Waals surface area contributed by atoms with E-state index in [1.54, 1.807) is 43.0 Å². The van der Waals surface area contributed by atoms with Crippen LogP contribution in [0.25, 0.3) is 0 Å². The Morgan fingerprint density at radius 1 is 1.55 bits per heavy atom. The predicted octanol–water partition coefficient (Wildman–Crippen LogP) is 2.33. The molecule has 2 amide bonds. The first kappa shape index (κ1) is 14.4. The van der Waals surface area contributed by atoms with E-state index < -0.39 is 5.60 Å². The Morgan fingerprint density at radius 2 is 2.30 bits per heavy atom. The van der Waals surface area contributed by atoms with Gasteiger partial charge in [-0.1, -0.05) is 6.07 Å². The van der Waals surface area contributed by atoms with Crippen molar-refractivity contribution in [2.24, 2.45) is 0 Å². The molecule has 0 spiro atoms. The molecule has 5 heteroatoms. The summed E-state index contributed by atoms with van der Waals surface area (Å²) in [7, 11) is 0. The zero-order chi connectivity index (χ0) is 14.8. The van der Waals surface area contributed by atoms with E-state index in [4.69, 9.17) is 5.26 Å². The lowest BCUT2D eigenvalue weighted by Gasteiger charge is -2.33. The van der Waals surface area contributed by atoms with Gasteiger partial charge in [0.1, 0.15) is 0 Å². The highest BCUT2D eigenvalue weighted by Crippen LogP contribution is 2.27. The van der Waals surface area contributed by atoms with Gasteiger partial charge in [-0.25, -0.2) is 4.79 Å². The van der Waals surface area contributed by atoms with E-state index in [1.807, 2.05) is 6.07 Å². The molecule has 1 aromatic rings. The number of urea groups is 1. The molecule has 0 saturated carbocycles. The molecule has 106 valence electrons. The average molecular weight is 273 g/mol. The summed E-state index contributed by atoms with van der Waals surface area (Å²) in [6.45, 7) is 4.08. The molecule has 20 heavy (non-hydrogen) atoms. The summed E-state index contributed by atoms with van der Waals surface area (Å²) in [5.41, 5.74) is 0.182. The van der Waals surface area contributed by atoms with E-state index in [0.717, 1.165) is 12.8 Å². The van der Waals surface area contributed by atoms with Crippen molar-refractivity contribution in [2.45, 2.75) is 38.3 Å². The summed E-state index contributed by atoms with van der Waals surface area (Å²) < 4.78 is 0. The van der Waals surface area contributed by atoms with Crippen LogP contribution < -0.4 is 5.32 Å². The number of carbonyl (C=O) groups is 1. The molecule has 1 atom stereocenters. The maximum atomic E-state index is 12.3. The number of nitrogens with one attached hydrogen (secondary N) is 1. The fraction of sp³-hybridized carbons (Fsp3) is 0.467. The number of aliphatic hydroxyl groups is 1. The number of rotatable bonds is 2. The van der Waals surface area contributed by atoms with Crippen molar-refractivity contribution in [3.05, 3.63) is 29.8 Å². The third-order valence-electron chi connectivity index (χ3n) is 3.57. The van der Waals surface area contributed by atoms with Crippen LogP contribution >= 0.6 is 0 Å². The molecule has 1 fully saturated rings. The second kappa shape index (κ2) is 5.51. The lowest BCUT2D eigenvalue weighted by Crippen LogP contribution is -2.49. The second-order valence-electron chi connectivity index (χ2n) is 5.63. The standard InChI is InChI=1S/C15H19N3O2/c1-15(2,20)13-7-4-8-18(13)14(19)17-12-6-3-5-11(9-12)10-16/h3,5-6,9,13,20H,4,7-8H2,1-2H3,(H,17,19)/t13-/m0/s1. The smallest absolute Gasteiger partial charge is 0.322 e. The molecule has 1 aromatic carbocycles. The summed E-state index contributed by atoms with van der Waals surface area (Å²) in [6, 6.07) is 8.42. The quantitative estimate of drug-likeness (QED) is 0.868. The number of likely N-dealkylation sites (tertiary alicyclic amines) is 1. The van der Waals surface area contributed by atoms with Crippen molar-refractivity contribution in [3.8, 4) is 6.07 Å². The van der Waals surface area contributed by atoms with Gasteiger partial charge in [-0.2, -0.15) is 5.26 Å². The highest BCUT2D eigenvalue weighted by molar-refractivity contribution is 5.90. The number of nitrogens with zero attached hydrogens (tertiary/aromatic N) is 2. The highest BCUT2D eigenvalue weighted by atomic mass is 16.3. The molecule has 0 unspecified atom stereocenters. The minimum atomic E-state index is -0.914. The Bertz CT molecular complexity index is 543. The van der Waals surface area contributed by atoms with Crippen LogP contribution in [0.15, 0.2) is 24.3 Å². The normalized spacial score (nSPS) is 18.7. The van der Waals surface area contributed by atoms with Crippen molar-refractivity contribution in [1.29, 1.82) is 5.26 Å². The van der Waals surface area contributed by atoms with Crippen LogP contribution in [-0.4, -0.2) is 34.2 Å². The minimum absolute atomic E-state index is 0.179. The second-order valence-corrected chi connectivity index (χ2v) is 5.63. The maximum Gasteiger partial charge on any atom is 0.322 e. The molecule has 1 aliphatic heterocycles. The zero-order valence-corrected chi connectivity index (χ0v) is 11.8. The number of carbonyl (C=O) groups excluding carboxylic acids is 1. The van der Waals surface area contributed by atoms with Crippen molar-refractivity contribution >= 4 is 11.7 Å². The van der Waals surface area contributed by atoms with Gasteiger partial charge in [0.25, 0.3) is 0 Å². The molecule has 1 aliphatic rings. The number of hydrogen-bond donors (Lipinski definition) is 2. The van der Waals surface area contributed by atoms with Crippen LogP contribution in [0.5, 0.6) is 0 Å². The van der Waals surface area contributed by atoms with Gasteiger partial charge < -0.3 is 15.3 Å². The van der Waals surface area contributed by atoms with E-state index in [-0.39, 0.29) is 12.1 Å². The Balaban J connectivity index is 2.10. The third kappa shape index (κ3) is 3.09. The molecule has 0 aliphatic carbocycles. The predicted molar refractivity (Wildman–Crippen MR) is 76.2 cm³/mol. The lowest BCUT2D eigenvalue weighted by atomic mass is 9.97. The first-order valence-electron chi connectivity index (χ1n) is 6.72. The van der Waals surface area contributed by atoms with Gasteiger partial charge >= 0.3 is 6.03 Å². The maximum absolute atomic E-state index is 12.3. The summed E-state index contributed by atoms with van der Waals surface area (Å²) in [6.07, 6.45) is 1.69. The molecular formula is C15H19N3O2. The summed E-state index contributed by atoms with van der Waals surface area (Å²) in [4.78, 5) is 14.0. The number of benzene rings is 1. The van der Waals surface area contributed by atoms with Gasteiger partial charge in [-0.05, 0) is 44.9 Å². The lowest BCUT2D eigenvalue weighted by molar-refractivity contribution is 0.0117. The fourth-order valence-corrected chi connectivity index (χ4v) is 2.61. The van der Waals surface area contributed by atoms with Crippen molar-refractivity contribution in [1.82, 2.24) is 4.90 Å². The third-order valence-corrected chi connectivity index (χ3v) is 3.57. The summed E-state index contributed by atoms with van der Waals surface area (Å²) in [5, 5.41) is 21.8. The molecule has 1 saturated heterocycles. The Hall–Kier alpha value is -2.06. The van der Waals surface area contributed by atoms with E-state index in [1.165, 1.54) is 0 Å². The van der Waals surface area contributed by atoms with Gasteiger partial charge in [0.05, 0.1) is 23.3 Å². The Labute approximate surface area is 118 Å². The van der Waals surface area contributed by atoms with Crippen LogP contribution in [0, 0.1) is 11.3 Å². The molecule has 0 bridgehead atoms. The van der Waals surface area contributed by atoms with E-state index >= 15 is 0 Å². The van der Waals surface area contributed by atoms with Gasteiger partial charge in [-0.15, -0.1) is 0 Å². The van der Waals surface area contributed by atoms with Crippen LogP contribution in [-0.2, 0) is 0 Å². The monoisotopic (exact) mass is 273 g/mol. The van der Waals surface area contributed by atoms with Crippen molar-refractivity contribution in [3.63, 3.8) is 0 Å². The largest absolute Gasteiger partial charge is 0.388 e. The summed E-state index contributed by atoms with van der Waals surface area (Å²) >= 11 is 0. The molecule has 0 aromatic heterocycles. The van der Waals surface area contributed by atoms with Crippen LogP contribution in [0.1, 0.15) is 32.3 Å². The number of amides is 2. The average Bonchev–Trinajstić information content (AvgIpc) is 2.88. The molecule has 2 rings (SSSR count). The van der Waals surface area contributed by atoms with Gasteiger partial charge in [0, 0.05) is 12.2 Å². The van der Waals surface area contributed by atoms with Gasteiger partial charge in [0.2, 0.25) is 0 Å². The fourth-order valence-electron chi connectivity index (χ4n) is 2.61. The van der Waals surface area contributed by atoms with Crippen LogP contribution in [0.4, 0.5) is 10.5 Å². The molecular weight excluding hydrogens is 254 g/mol. The first-order chi connectivity index (χ1) is 9.41. The minimum Gasteiger partial charge on any atom is -0.388 e. The molecule has 1 heterocycles. The van der Waals surface area contributed by atoms with E-state index in [9.17, 15) is 9.90 Å². The van der Waals surface area contributed by atoms with Gasteiger partial charge in [-0.3, -0.25) is 0 Å². The topological polar surface area (TPSA) is 76.4 Å². The molecule has 5 nitrogen and oxygen atoms in total. The number of nitriles is 1. The van der Waals surface area contributed by atoms with E-state index in [2.05, 4.69) is 5.32 Å². The summed E-state index contributed by atoms with van der Waals surface area (Å²) in [5.74, 6) is 0.